The summed E-state index contributed by atoms with van der Waals surface area (Å²) in [6.07, 6.45) is 2.23. The summed E-state index contributed by atoms with van der Waals surface area (Å²) in [5.74, 6) is -0.956. The van der Waals surface area contributed by atoms with Crippen molar-refractivity contribution in [2.24, 2.45) is 0 Å². The summed E-state index contributed by atoms with van der Waals surface area (Å²) in [6, 6.07) is 1.62. The fourth-order valence-electron chi connectivity index (χ4n) is 8.14. The first kappa shape index (κ1) is 30.4. The number of rotatable bonds is 4. The highest BCUT2D eigenvalue weighted by Gasteiger charge is 2.61. The van der Waals surface area contributed by atoms with E-state index in [1.807, 2.05) is 13.0 Å². The molecule has 1 N–H and O–H groups in total. The predicted octanol–water partition coefficient (Wildman–Crippen LogP) is 3.36. The van der Waals surface area contributed by atoms with Crippen LogP contribution in [-0.4, -0.2) is 83.6 Å². The number of fused-ring (bicyclic) bond motifs is 9. The molecule has 46 heavy (non-hydrogen) atoms. The molecule has 12 nitrogen and oxygen atoms in total. The Bertz CT molecular complexity index is 1750. The molecule has 0 spiro atoms. The van der Waals surface area contributed by atoms with E-state index in [2.05, 4.69) is 22.4 Å². The molecule has 240 valence electrons. The molecule has 2 fully saturated rings. The molecule has 5 aliphatic heterocycles. The van der Waals surface area contributed by atoms with E-state index in [0.29, 0.717) is 52.5 Å². The lowest BCUT2D eigenvalue weighted by molar-refractivity contribution is -0.157. The molecule has 7 rings (SSSR count). The number of nitriles is 1. The number of nitrogens with zero attached hydrogens (tertiary/aromatic N) is 3. The van der Waals surface area contributed by atoms with Crippen molar-refractivity contribution >= 4 is 29.5 Å². The second kappa shape index (κ2) is 11.2. The standard InChI is InChI=1S/C33H33N3O9S/c1-6-7-35-18-9-17-8-14(2)28(41-5)27(39)22(17)25(35)26-32-24-23(31-30(43-13-44-31)15(3)29(24)45-16(4)37)20(36(26)19(18)10-34)11-42-33(40)21(38)12-46-32/h6,8,18-20,25-26,32,39H,1,7,9,11-13H2,2-5H3/t18?,19-,20-,25?,26+,32+/m0/s1. The average molecular weight is 648 g/mol. The second-order valence-electron chi connectivity index (χ2n) is 12.1. The zero-order valence-electron chi connectivity index (χ0n) is 25.8. The normalized spacial score (nSPS) is 27.9. The van der Waals surface area contributed by atoms with Gasteiger partial charge >= 0.3 is 11.9 Å². The van der Waals surface area contributed by atoms with Crippen molar-refractivity contribution < 1.29 is 43.2 Å². The smallest absolute Gasteiger partial charge is 0.375 e. The van der Waals surface area contributed by atoms with E-state index in [4.69, 9.17) is 23.7 Å². The Morgan fingerprint density at radius 2 is 1.96 bits per heavy atom. The molecule has 6 atom stereocenters. The van der Waals surface area contributed by atoms with Gasteiger partial charge in [-0.1, -0.05) is 12.1 Å². The van der Waals surface area contributed by atoms with Gasteiger partial charge in [0.15, 0.2) is 23.0 Å². The summed E-state index contributed by atoms with van der Waals surface area (Å²) < 4.78 is 29.2. The minimum atomic E-state index is -0.957. The Morgan fingerprint density at radius 1 is 1.20 bits per heavy atom. The molecular weight excluding hydrogens is 614 g/mol. The lowest BCUT2D eigenvalue weighted by Crippen LogP contribution is -2.70. The number of phenols is 1. The van der Waals surface area contributed by atoms with Crippen LogP contribution in [0.4, 0.5) is 0 Å². The van der Waals surface area contributed by atoms with Crippen LogP contribution in [0, 0.1) is 25.2 Å². The number of hydrogen-bond donors (Lipinski definition) is 1. The van der Waals surface area contributed by atoms with Crippen molar-refractivity contribution in [3.05, 3.63) is 52.1 Å². The second-order valence-corrected chi connectivity index (χ2v) is 13.2. The molecule has 4 bridgehead atoms. The van der Waals surface area contributed by atoms with Crippen LogP contribution in [0.15, 0.2) is 18.7 Å². The fraction of sp³-hybridized carbons (Fsp3) is 0.455. The molecule has 0 aromatic heterocycles. The van der Waals surface area contributed by atoms with Crippen LogP contribution < -0.4 is 18.9 Å². The first-order valence-corrected chi connectivity index (χ1v) is 16.1. The quantitative estimate of drug-likeness (QED) is 0.224. The van der Waals surface area contributed by atoms with Crippen LogP contribution in [0.5, 0.6) is 28.7 Å². The number of Topliss-reactive ketones (excluding diaryl/α,β-unsaturated/α-hetero) is 1. The lowest BCUT2D eigenvalue weighted by atomic mass is 9.71. The third kappa shape index (κ3) is 4.23. The van der Waals surface area contributed by atoms with Gasteiger partial charge in [-0.25, -0.2) is 4.79 Å². The summed E-state index contributed by atoms with van der Waals surface area (Å²) in [6.45, 7) is 9.04. The van der Waals surface area contributed by atoms with Crippen LogP contribution in [0.25, 0.3) is 0 Å². The molecule has 5 heterocycles. The van der Waals surface area contributed by atoms with E-state index in [0.717, 1.165) is 11.1 Å². The van der Waals surface area contributed by atoms with Gasteiger partial charge in [0.2, 0.25) is 12.6 Å². The Labute approximate surface area is 269 Å². The first-order chi connectivity index (χ1) is 22.1. The topological polar surface area (TPSA) is 148 Å². The average Bonchev–Trinajstić information content (AvgIpc) is 3.51. The highest BCUT2D eigenvalue weighted by atomic mass is 32.2. The van der Waals surface area contributed by atoms with Crippen molar-refractivity contribution in [1.29, 1.82) is 5.26 Å². The van der Waals surface area contributed by atoms with Crippen molar-refractivity contribution in [1.82, 2.24) is 9.80 Å². The van der Waals surface area contributed by atoms with Gasteiger partial charge in [-0.05, 0) is 31.4 Å². The SMILES string of the molecule is C=CCN1C2c3c(cc(C)c(OC)c3O)CC1[C@H](C#N)N1[C@H]2[C@@H]2SCC(=O)C(=O)OC[C@H]1c1c3c(c(C)c(OC(C)=O)c12)OCO3. The van der Waals surface area contributed by atoms with Gasteiger partial charge in [-0.2, -0.15) is 5.26 Å². The van der Waals surface area contributed by atoms with E-state index < -0.39 is 47.1 Å². The van der Waals surface area contributed by atoms with Gasteiger partial charge in [0.05, 0.1) is 36.3 Å². The fourth-order valence-corrected chi connectivity index (χ4v) is 9.48. The number of cyclic esters (lactones) is 1. The number of phenolic OH excluding ortho intramolecular Hbond substituents is 1. The first-order valence-electron chi connectivity index (χ1n) is 15.0. The van der Waals surface area contributed by atoms with E-state index in [1.54, 1.807) is 13.0 Å². The van der Waals surface area contributed by atoms with Gasteiger partial charge in [0.1, 0.15) is 18.4 Å². The summed E-state index contributed by atoms with van der Waals surface area (Å²) in [5, 5.41) is 22.1. The predicted molar refractivity (Wildman–Crippen MR) is 164 cm³/mol. The van der Waals surface area contributed by atoms with Crippen molar-refractivity contribution in [2.75, 3.05) is 32.8 Å². The molecule has 2 unspecified atom stereocenters. The molecule has 0 amide bonds. The molecular formula is C33H33N3O9S. The van der Waals surface area contributed by atoms with Gasteiger partial charge in [0, 0.05) is 47.8 Å². The summed E-state index contributed by atoms with van der Waals surface area (Å²) in [5.41, 5.74) is 4.08. The van der Waals surface area contributed by atoms with E-state index in [9.17, 15) is 24.8 Å². The molecule has 2 saturated heterocycles. The van der Waals surface area contributed by atoms with Crippen molar-refractivity contribution in [3.63, 3.8) is 0 Å². The largest absolute Gasteiger partial charge is 0.504 e. The number of hydrogen-bond acceptors (Lipinski definition) is 13. The zero-order valence-corrected chi connectivity index (χ0v) is 26.6. The van der Waals surface area contributed by atoms with E-state index in [1.165, 1.54) is 25.8 Å². The molecule has 5 aliphatic rings. The highest BCUT2D eigenvalue weighted by Crippen LogP contribution is 2.64. The number of carbonyl (C=O) groups excluding carboxylic acids is 3. The van der Waals surface area contributed by atoms with Crippen LogP contribution in [0.3, 0.4) is 0 Å². The van der Waals surface area contributed by atoms with Crippen LogP contribution in [0.1, 0.15) is 57.6 Å². The summed E-state index contributed by atoms with van der Waals surface area (Å²) >= 11 is 1.21. The van der Waals surface area contributed by atoms with Crippen molar-refractivity contribution in [3.8, 4) is 34.8 Å². The third-order valence-electron chi connectivity index (χ3n) is 9.70. The molecule has 13 heteroatoms. The van der Waals surface area contributed by atoms with E-state index >= 15 is 0 Å². The highest BCUT2D eigenvalue weighted by molar-refractivity contribution is 8.00. The van der Waals surface area contributed by atoms with Crippen LogP contribution >= 0.6 is 11.8 Å². The number of aryl methyl sites for hydroxylation is 1. The maximum Gasteiger partial charge on any atom is 0.375 e. The molecule has 2 aromatic rings. The van der Waals surface area contributed by atoms with E-state index in [-0.39, 0.29) is 36.7 Å². The minimum absolute atomic E-state index is 0.00754. The van der Waals surface area contributed by atoms with Gasteiger partial charge in [-0.3, -0.25) is 19.4 Å². The minimum Gasteiger partial charge on any atom is -0.504 e. The third-order valence-corrected chi connectivity index (χ3v) is 11.0. The number of carbonyl (C=O) groups is 3. The zero-order chi connectivity index (χ0) is 32.6. The van der Waals surface area contributed by atoms with Crippen LogP contribution in [-0.2, 0) is 25.5 Å². The monoisotopic (exact) mass is 647 g/mol. The lowest BCUT2D eigenvalue weighted by Gasteiger charge is -2.62. The molecule has 2 aromatic carbocycles. The van der Waals surface area contributed by atoms with Gasteiger partial charge in [-0.15, -0.1) is 18.3 Å². The number of esters is 2. The number of benzene rings is 2. The molecule has 0 radical (unpaired) electrons. The Kier molecular flexibility index (Phi) is 7.42. The van der Waals surface area contributed by atoms with Crippen molar-refractivity contribution in [2.45, 2.75) is 62.7 Å². The number of piperazine rings is 1. The summed E-state index contributed by atoms with van der Waals surface area (Å²) in [4.78, 5) is 42.6. The number of ketones is 1. The van der Waals surface area contributed by atoms with Crippen LogP contribution in [0.2, 0.25) is 0 Å². The van der Waals surface area contributed by atoms with Gasteiger partial charge < -0.3 is 28.8 Å². The Hall–Kier alpha value is -4.25. The Balaban J connectivity index is 1.58. The maximum atomic E-state index is 13.0. The number of aromatic hydroxyl groups is 1. The number of ether oxygens (including phenoxy) is 5. The van der Waals surface area contributed by atoms with Gasteiger partial charge in [0.25, 0.3) is 0 Å². The maximum absolute atomic E-state index is 13.0. The Morgan fingerprint density at radius 3 is 2.65 bits per heavy atom. The number of methoxy groups -OCH3 is 1. The summed E-state index contributed by atoms with van der Waals surface area (Å²) in [7, 11) is 1.51. The molecule has 0 saturated carbocycles. The molecule has 0 aliphatic carbocycles. The number of thioether (sulfide) groups is 1.